The first-order chi connectivity index (χ1) is 11.0. The van der Waals surface area contributed by atoms with E-state index < -0.39 is 30.8 Å². The molecule has 0 bridgehead atoms. The smallest absolute Gasteiger partial charge is 0.262 e. The molecule has 1 amide bonds. The summed E-state index contributed by atoms with van der Waals surface area (Å²) in [5.74, 6) is -3.20. The van der Waals surface area contributed by atoms with Gasteiger partial charge in [0.1, 0.15) is 0 Å². The van der Waals surface area contributed by atoms with Crippen LogP contribution in [0.25, 0.3) is 0 Å². The van der Waals surface area contributed by atoms with Crippen molar-refractivity contribution in [3.8, 4) is 0 Å². The maximum Gasteiger partial charge on any atom is 0.262 e. The van der Waals surface area contributed by atoms with Crippen LogP contribution in [0.15, 0.2) is 42.7 Å². The average Bonchev–Trinajstić information content (AvgIpc) is 3.15. The van der Waals surface area contributed by atoms with Gasteiger partial charge in [0.2, 0.25) is 5.91 Å². The minimum atomic E-state index is -2.81. The van der Waals surface area contributed by atoms with E-state index in [-0.39, 0.29) is 0 Å². The van der Waals surface area contributed by atoms with Crippen LogP contribution in [0.3, 0.4) is 0 Å². The van der Waals surface area contributed by atoms with E-state index in [2.05, 4.69) is 15.7 Å². The first-order valence-electron chi connectivity index (χ1n) is 7.47. The summed E-state index contributed by atoms with van der Waals surface area (Å²) in [7, 11) is 0. The van der Waals surface area contributed by atoms with E-state index >= 15 is 0 Å². The third kappa shape index (κ3) is 3.92. The van der Waals surface area contributed by atoms with Gasteiger partial charge in [0.15, 0.2) is 0 Å². The van der Waals surface area contributed by atoms with Crippen molar-refractivity contribution in [3.05, 3.63) is 53.9 Å². The summed E-state index contributed by atoms with van der Waals surface area (Å²) in [6.45, 7) is 0.458. The van der Waals surface area contributed by atoms with E-state index in [1.54, 1.807) is 10.9 Å². The van der Waals surface area contributed by atoms with E-state index in [4.69, 9.17) is 0 Å². The molecule has 5 nitrogen and oxygen atoms in total. The van der Waals surface area contributed by atoms with Crippen LogP contribution in [0.1, 0.15) is 17.5 Å². The van der Waals surface area contributed by atoms with Gasteiger partial charge in [-0.3, -0.25) is 14.8 Å². The molecule has 2 heterocycles. The van der Waals surface area contributed by atoms with Gasteiger partial charge < -0.3 is 5.32 Å². The number of amides is 1. The minimum absolute atomic E-state index is 0.306. The Kier molecular flexibility index (Phi) is 4.38. The van der Waals surface area contributed by atoms with E-state index in [0.717, 1.165) is 11.1 Å². The molecule has 0 spiro atoms. The number of halogens is 2. The third-order valence-electron chi connectivity index (χ3n) is 3.89. The van der Waals surface area contributed by atoms with Crippen LogP contribution in [-0.4, -0.2) is 34.2 Å². The minimum Gasteiger partial charge on any atom is -0.351 e. The molecule has 122 valence electrons. The Hall–Kier alpha value is -2.28. The molecule has 1 unspecified atom stereocenters. The molecule has 3 rings (SSSR count). The van der Waals surface area contributed by atoms with Crippen molar-refractivity contribution < 1.29 is 13.6 Å². The third-order valence-corrected chi connectivity index (χ3v) is 3.89. The van der Waals surface area contributed by atoms with E-state index in [0.29, 0.717) is 13.1 Å². The predicted octanol–water partition coefficient (Wildman–Crippen LogP) is 1.54. The summed E-state index contributed by atoms with van der Waals surface area (Å²) < 4.78 is 28.1. The number of hydrogen-bond donors (Lipinski definition) is 2. The second-order valence-electron chi connectivity index (χ2n) is 5.68. The Balaban J connectivity index is 1.61. The normalized spacial score (nSPS) is 19.7. The van der Waals surface area contributed by atoms with Gasteiger partial charge in [0.25, 0.3) is 5.92 Å². The molecular formula is C16H18F2N4O. The van der Waals surface area contributed by atoms with E-state index in [1.807, 2.05) is 36.5 Å². The maximum absolute atomic E-state index is 13.1. The number of nitrogens with zero attached hydrogens (tertiary/aromatic N) is 2. The molecule has 0 radical (unpaired) electrons. The number of aromatic nitrogens is 2. The van der Waals surface area contributed by atoms with E-state index in [9.17, 15) is 13.6 Å². The molecule has 1 atom stereocenters. The fourth-order valence-corrected chi connectivity index (χ4v) is 2.66. The largest absolute Gasteiger partial charge is 0.351 e. The number of rotatable bonds is 5. The van der Waals surface area contributed by atoms with Gasteiger partial charge in [0.05, 0.1) is 19.1 Å². The number of hydrogen-bond acceptors (Lipinski definition) is 3. The second-order valence-corrected chi connectivity index (χ2v) is 5.68. The zero-order chi connectivity index (χ0) is 16.3. The highest BCUT2D eigenvalue weighted by atomic mass is 19.3. The SMILES string of the molecule is O=C(NCc1ccccc1Cn1cccn1)C1CC(F)(F)CN1. The van der Waals surface area contributed by atoms with Crippen molar-refractivity contribution >= 4 is 5.91 Å². The lowest BCUT2D eigenvalue weighted by Gasteiger charge is -2.14. The summed E-state index contributed by atoms with van der Waals surface area (Å²) >= 11 is 0. The Bertz CT molecular complexity index is 672. The highest BCUT2D eigenvalue weighted by Gasteiger charge is 2.42. The summed E-state index contributed by atoms with van der Waals surface area (Å²) in [4.78, 5) is 12.0. The van der Waals surface area contributed by atoms with Crippen LogP contribution < -0.4 is 10.6 Å². The van der Waals surface area contributed by atoms with Crippen LogP contribution >= 0.6 is 0 Å². The molecule has 1 aromatic carbocycles. The highest BCUT2D eigenvalue weighted by Crippen LogP contribution is 2.25. The van der Waals surface area contributed by atoms with Gasteiger partial charge >= 0.3 is 0 Å². The Morgan fingerprint density at radius 1 is 1.35 bits per heavy atom. The Morgan fingerprint density at radius 3 is 2.78 bits per heavy atom. The highest BCUT2D eigenvalue weighted by molar-refractivity contribution is 5.82. The summed E-state index contributed by atoms with van der Waals surface area (Å²) in [5.41, 5.74) is 1.97. The molecule has 0 saturated carbocycles. The lowest BCUT2D eigenvalue weighted by atomic mass is 10.1. The van der Waals surface area contributed by atoms with Gasteiger partial charge in [-0.2, -0.15) is 5.10 Å². The van der Waals surface area contributed by atoms with Crippen LogP contribution in [-0.2, 0) is 17.9 Å². The van der Waals surface area contributed by atoms with Crippen LogP contribution in [0, 0.1) is 0 Å². The summed E-state index contributed by atoms with van der Waals surface area (Å²) in [6.07, 6.45) is 3.12. The molecule has 0 aliphatic carbocycles. The van der Waals surface area contributed by atoms with Gasteiger partial charge in [-0.1, -0.05) is 24.3 Å². The number of alkyl halides is 2. The fraction of sp³-hybridized carbons (Fsp3) is 0.375. The van der Waals surface area contributed by atoms with Gasteiger partial charge in [-0.15, -0.1) is 0 Å². The standard InChI is InChI=1S/C16H18F2N4O/c17-16(18)8-14(20-11-16)15(23)19-9-12-4-1-2-5-13(12)10-22-7-3-6-21-22/h1-7,14,20H,8-11H2,(H,19,23). The van der Waals surface area contributed by atoms with Crippen LogP contribution in [0.2, 0.25) is 0 Å². The quantitative estimate of drug-likeness (QED) is 0.879. The van der Waals surface area contributed by atoms with Gasteiger partial charge in [0, 0.05) is 25.4 Å². The molecule has 2 aromatic rings. The number of carbonyl (C=O) groups is 1. The first-order valence-corrected chi connectivity index (χ1v) is 7.47. The molecule has 1 fully saturated rings. The molecule has 1 aromatic heterocycles. The maximum atomic E-state index is 13.1. The zero-order valence-electron chi connectivity index (χ0n) is 12.5. The van der Waals surface area contributed by atoms with Crippen molar-refractivity contribution in [1.82, 2.24) is 20.4 Å². The molecule has 23 heavy (non-hydrogen) atoms. The van der Waals surface area contributed by atoms with Crippen molar-refractivity contribution in [1.29, 1.82) is 0 Å². The van der Waals surface area contributed by atoms with Crippen molar-refractivity contribution in [2.24, 2.45) is 0 Å². The van der Waals surface area contributed by atoms with Gasteiger partial charge in [-0.05, 0) is 17.2 Å². The fourth-order valence-electron chi connectivity index (χ4n) is 2.66. The molecule has 2 N–H and O–H groups in total. The first kappa shape index (κ1) is 15.6. The Labute approximate surface area is 132 Å². The van der Waals surface area contributed by atoms with Gasteiger partial charge in [-0.25, -0.2) is 8.78 Å². The predicted molar refractivity (Wildman–Crippen MR) is 81.0 cm³/mol. The van der Waals surface area contributed by atoms with Crippen molar-refractivity contribution in [2.45, 2.75) is 31.5 Å². The van der Waals surface area contributed by atoms with Crippen molar-refractivity contribution in [2.75, 3.05) is 6.54 Å². The molecule has 7 heteroatoms. The van der Waals surface area contributed by atoms with Crippen LogP contribution in [0.4, 0.5) is 8.78 Å². The van der Waals surface area contributed by atoms with Crippen molar-refractivity contribution in [3.63, 3.8) is 0 Å². The molecule has 1 aliphatic rings. The zero-order valence-corrected chi connectivity index (χ0v) is 12.5. The monoisotopic (exact) mass is 320 g/mol. The number of nitrogens with one attached hydrogen (secondary N) is 2. The van der Waals surface area contributed by atoms with Crippen LogP contribution in [0.5, 0.6) is 0 Å². The Morgan fingerprint density at radius 2 is 2.13 bits per heavy atom. The lowest BCUT2D eigenvalue weighted by molar-refractivity contribution is -0.123. The summed E-state index contributed by atoms with van der Waals surface area (Å²) in [6, 6.07) is 8.69. The lowest BCUT2D eigenvalue weighted by Crippen LogP contribution is -2.40. The molecule has 1 aliphatic heterocycles. The summed E-state index contributed by atoms with van der Waals surface area (Å²) in [5, 5.41) is 9.45. The number of benzene rings is 1. The topological polar surface area (TPSA) is 59.0 Å². The molecule has 1 saturated heterocycles. The van der Waals surface area contributed by atoms with E-state index in [1.165, 1.54) is 0 Å². The molecular weight excluding hydrogens is 302 g/mol. The number of carbonyl (C=O) groups excluding carboxylic acids is 1. The second kappa shape index (κ2) is 6.45. The average molecular weight is 320 g/mol.